The minimum absolute atomic E-state index is 0.0235. The molecule has 0 saturated carbocycles. The van der Waals surface area contributed by atoms with Crippen molar-refractivity contribution in [2.75, 3.05) is 13.2 Å². The number of para-hydroxylation sites is 1. The molecule has 0 spiro atoms. The number of alkyl carbamates (subject to hydrolysis) is 1. The van der Waals surface area contributed by atoms with Gasteiger partial charge in [-0.15, -0.1) is 0 Å². The van der Waals surface area contributed by atoms with E-state index in [9.17, 15) is 19.5 Å². The SMILES string of the molecule is O=C(CCNC(=O)OCC1c2ccccc2-c2ccccc21)N[C@H](CC1=C[N]c2ccccc21)C(=O)O. The van der Waals surface area contributed by atoms with Crippen molar-refractivity contribution in [3.8, 4) is 11.1 Å². The van der Waals surface area contributed by atoms with Gasteiger partial charge in [0.2, 0.25) is 5.91 Å². The van der Waals surface area contributed by atoms with Crippen molar-refractivity contribution >= 4 is 29.2 Å². The highest BCUT2D eigenvalue weighted by Gasteiger charge is 2.29. The highest BCUT2D eigenvalue weighted by Crippen LogP contribution is 2.44. The van der Waals surface area contributed by atoms with Crippen LogP contribution in [-0.2, 0) is 14.3 Å². The summed E-state index contributed by atoms with van der Waals surface area (Å²) in [6.45, 7) is 0.199. The first-order chi connectivity index (χ1) is 18.0. The Morgan fingerprint density at radius 1 is 0.892 bits per heavy atom. The maximum atomic E-state index is 12.4. The first-order valence-electron chi connectivity index (χ1n) is 12.1. The summed E-state index contributed by atoms with van der Waals surface area (Å²) in [6.07, 6.45) is 1.04. The number of rotatable bonds is 9. The second-order valence-corrected chi connectivity index (χ2v) is 8.97. The molecule has 0 bridgehead atoms. The number of nitrogens with zero attached hydrogens (tertiary/aromatic N) is 1. The Bertz CT molecular complexity index is 1340. The van der Waals surface area contributed by atoms with E-state index in [1.54, 1.807) is 6.20 Å². The van der Waals surface area contributed by atoms with Crippen LogP contribution in [0.4, 0.5) is 10.5 Å². The average molecular weight is 497 g/mol. The Balaban J connectivity index is 1.09. The molecule has 3 N–H and O–H groups in total. The van der Waals surface area contributed by atoms with E-state index in [4.69, 9.17) is 4.74 Å². The lowest BCUT2D eigenvalue weighted by molar-refractivity contribution is -0.141. The molecule has 2 amide bonds. The summed E-state index contributed by atoms with van der Waals surface area (Å²) >= 11 is 0. The summed E-state index contributed by atoms with van der Waals surface area (Å²) in [4.78, 5) is 36.4. The third-order valence-corrected chi connectivity index (χ3v) is 6.63. The number of fused-ring (bicyclic) bond motifs is 4. The normalized spacial score (nSPS) is 13.9. The number of benzene rings is 3. The van der Waals surface area contributed by atoms with Crippen molar-refractivity contribution in [2.45, 2.75) is 24.8 Å². The van der Waals surface area contributed by atoms with Crippen molar-refractivity contribution in [1.82, 2.24) is 16.0 Å². The molecule has 1 atom stereocenters. The summed E-state index contributed by atoms with van der Waals surface area (Å²) in [5.41, 5.74) is 6.90. The molecule has 3 aromatic rings. The van der Waals surface area contributed by atoms with Gasteiger partial charge < -0.3 is 20.5 Å². The first kappa shape index (κ1) is 24.1. The van der Waals surface area contributed by atoms with Crippen LogP contribution < -0.4 is 16.0 Å². The lowest BCUT2D eigenvalue weighted by atomic mass is 9.98. The van der Waals surface area contributed by atoms with Gasteiger partial charge in [0.25, 0.3) is 0 Å². The Morgan fingerprint density at radius 2 is 1.51 bits per heavy atom. The average Bonchev–Trinajstić information content (AvgIpc) is 3.46. The summed E-state index contributed by atoms with van der Waals surface area (Å²) in [6, 6.07) is 22.5. The maximum Gasteiger partial charge on any atom is 0.407 e. The molecule has 1 aliphatic carbocycles. The van der Waals surface area contributed by atoms with E-state index in [1.165, 1.54) is 0 Å². The van der Waals surface area contributed by atoms with E-state index in [0.717, 1.165) is 39.1 Å². The fourth-order valence-corrected chi connectivity index (χ4v) is 4.85. The molecule has 3 aromatic carbocycles. The van der Waals surface area contributed by atoms with Gasteiger partial charge >= 0.3 is 12.1 Å². The van der Waals surface area contributed by atoms with E-state index in [2.05, 4.69) is 28.1 Å². The van der Waals surface area contributed by atoms with Gasteiger partial charge in [-0.05, 0) is 33.9 Å². The second kappa shape index (κ2) is 10.6. The largest absolute Gasteiger partial charge is 0.480 e. The van der Waals surface area contributed by atoms with Crippen molar-refractivity contribution in [3.05, 3.63) is 95.7 Å². The number of aliphatic carboxylic acids is 1. The van der Waals surface area contributed by atoms with Crippen molar-refractivity contribution < 1.29 is 24.2 Å². The number of hydrogen-bond donors (Lipinski definition) is 3. The van der Waals surface area contributed by atoms with Crippen LogP contribution in [0.2, 0.25) is 0 Å². The van der Waals surface area contributed by atoms with Crippen LogP contribution in [0.25, 0.3) is 16.7 Å². The third-order valence-electron chi connectivity index (χ3n) is 6.63. The number of hydrogen-bond acceptors (Lipinski definition) is 4. The summed E-state index contributed by atoms with van der Waals surface area (Å²) in [5.74, 6) is -1.67. The zero-order chi connectivity index (χ0) is 25.8. The molecule has 37 heavy (non-hydrogen) atoms. The molecular weight excluding hydrogens is 470 g/mol. The molecule has 0 unspecified atom stereocenters. The lowest BCUT2D eigenvalue weighted by Crippen LogP contribution is -2.42. The van der Waals surface area contributed by atoms with Gasteiger partial charge in [-0.2, -0.15) is 0 Å². The van der Waals surface area contributed by atoms with Crippen molar-refractivity contribution in [3.63, 3.8) is 0 Å². The number of carboxylic acid groups (broad SMARTS) is 1. The maximum absolute atomic E-state index is 12.4. The van der Waals surface area contributed by atoms with E-state index >= 15 is 0 Å². The second-order valence-electron chi connectivity index (χ2n) is 8.97. The smallest absolute Gasteiger partial charge is 0.407 e. The van der Waals surface area contributed by atoms with Crippen molar-refractivity contribution in [1.29, 1.82) is 0 Å². The van der Waals surface area contributed by atoms with E-state index < -0.39 is 24.0 Å². The summed E-state index contributed by atoms with van der Waals surface area (Å²) < 4.78 is 5.47. The zero-order valence-electron chi connectivity index (χ0n) is 20.0. The molecule has 1 aliphatic heterocycles. The predicted molar refractivity (Wildman–Crippen MR) is 138 cm³/mol. The van der Waals surface area contributed by atoms with Crippen LogP contribution in [0, 0.1) is 0 Å². The van der Waals surface area contributed by atoms with E-state index in [-0.39, 0.29) is 31.9 Å². The molecule has 1 radical (unpaired) electrons. The number of nitrogens with one attached hydrogen (secondary N) is 2. The highest BCUT2D eigenvalue weighted by atomic mass is 16.5. The standard InChI is InChI=1S/C29H26N3O5/c33-27(32-26(28(34)35)15-18-16-31-25-12-6-5-7-19(18)25)13-14-30-29(36)37-17-24-22-10-3-1-8-20(22)21-9-2-4-11-23(21)24/h1-12,16,24,26H,13-15,17H2,(H,30,36)(H,32,33)(H,34,35)/t26-/m1/s1. The van der Waals surface area contributed by atoms with Gasteiger partial charge in [0, 0.05) is 37.1 Å². The Kier molecular flexibility index (Phi) is 6.89. The molecule has 0 saturated heterocycles. The van der Waals surface area contributed by atoms with Gasteiger partial charge in [0.05, 0.1) is 5.69 Å². The Hall–Kier alpha value is -4.59. The third kappa shape index (κ3) is 5.18. The van der Waals surface area contributed by atoms with Gasteiger partial charge in [-0.1, -0.05) is 66.7 Å². The first-order valence-corrected chi connectivity index (χ1v) is 12.1. The lowest BCUT2D eigenvalue weighted by Gasteiger charge is -2.16. The minimum Gasteiger partial charge on any atom is -0.480 e. The number of ether oxygens (including phenoxy) is 1. The van der Waals surface area contributed by atoms with Crippen LogP contribution >= 0.6 is 0 Å². The molecule has 8 nitrogen and oxygen atoms in total. The van der Waals surface area contributed by atoms with Crippen LogP contribution in [0.15, 0.2) is 79.0 Å². The summed E-state index contributed by atoms with van der Waals surface area (Å²) in [7, 11) is 0. The number of carbonyl (C=O) groups excluding carboxylic acids is 2. The number of carboxylic acids is 1. The fourth-order valence-electron chi connectivity index (χ4n) is 4.85. The Labute approximate surface area is 214 Å². The number of amides is 2. The van der Waals surface area contributed by atoms with Crippen LogP contribution in [-0.4, -0.2) is 42.3 Å². The van der Waals surface area contributed by atoms with E-state index in [0.29, 0.717) is 0 Å². The molecule has 0 fully saturated rings. The topological polar surface area (TPSA) is 119 Å². The molecule has 8 heteroatoms. The molecular formula is C29H26N3O5. The van der Waals surface area contributed by atoms with Crippen LogP contribution in [0.5, 0.6) is 0 Å². The van der Waals surface area contributed by atoms with Crippen molar-refractivity contribution in [2.24, 2.45) is 0 Å². The quantitative estimate of drug-likeness (QED) is 0.411. The summed E-state index contributed by atoms with van der Waals surface area (Å²) in [5, 5.41) is 19.0. The monoisotopic (exact) mass is 496 g/mol. The zero-order valence-corrected chi connectivity index (χ0v) is 20.0. The molecule has 187 valence electrons. The van der Waals surface area contributed by atoms with E-state index in [1.807, 2.05) is 60.7 Å². The highest BCUT2D eigenvalue weighted by molar-refractivity contribution is 5.87. The van der Waals surface area contributed by atoms with Gasteiger partial charge in [0.1, 0.15) is 12.6 Å². The van der Waals surface area contributed by atoms with Gasteiger partial charge in [-0.25, -0.2) is 9.59 Å². The molecule has 5 rings (SSSR count). The molecule has 0 aromatic heterocycles. The predicted octanol–water partition coefficient (Wildman–Crippen LogP) is 4.17. The molecule has 2 aliphatic rings. The number of carbonyl (C=O) groups is 3. The van der Waals surface area contributed by atoms with Crippen LogP contribution in [0.1, 0.15) is 35.4 Å². The Morgan fingerprint density at radius 3 is 2.19 bits per heavy atom. The van der Waals surface area contributed by atoms with Crippen LogP contribution in [0.3, 0.4) is 0 Å². The molecule has 1 heterocycles. The van der Waals surface area contributed by atoms with Gasteiger partial charge in [0.15, 0.2) is 0 Å². The minimum atomic E-state index is -1.14. The van der Waals surface area contributed by atoms with Gasteiger partial charge in [-0.3, -0.25) is 10.1 Å². The fraction of sp³-hybridized carbons (Fsp3) is 0.207.